The molecule has 2 heterocycles. The molecule has 1 unspecified atom stereocenters. The number of carbonyl (C=O) groups excluding carboxylic acids is 1. The number of urea groups is 1. The van der Waals surface area contributed by atoms with Gasteiger partial charge < -0.3 is 5.32 Å². The van der Waals surface area contributed by atoms with Crippen molar-refractivity contribution in [1.29, 1.82) is 0 Å². The first-order valence-electron chi connectivity index (χ1n) is 4.04. The summed E-state index contributed by atoms with van der Waals surface area (Å²) in [5.74, 6) is 5.64. The molecular formula is C8H9IN4O. The van der Waals surface area contributed by atoms with Crippen molar-refractivity contribution >= 4 is 34.3 Å². The van der Waals surface area contributed by atoms with Gasteiger partial charge in [0.1, 0.15) is 5.69 Å². The van der Waals surface area contributed by atoms with Crippen LogP contribution in [0.15, 0.2) is 18.3 Å². The topological polar surface area (TPSA) is 71.2 Å². The molecule has 5 nitrogen and oxygen atoms in total. The first-order chi connectivity index (χ1) is 6.53. The molecule has 0 spiro atoms. The van der Waals surface area contributed by atoms with Crippen molar-refractivity contribution in [2.75, 3.05) is 5.32 Å². The second kappa shape index (κ2) is 3.06. The number of fused-ring (bicyclic) bond motifs is 1. The number of amides is 2. The van der Waals surface area contributed by atoms with Gasteiger partial charge in [-0.1, -0.05) is 0 Å². The summed E-state index contributed by atoms with van der Waals surface area (Å²) >= 11 is 2.10. The number of alkyl halides is 1. The third-order valence-corrected chi connectivity index (χ3v) is 3.18. The first-order valence-corrected chi connectivity index (χ1v) is 5.11. The van der Waals surface area contributed by atoms with Gasteiger partial charge in [0.15, 0.2) is 3.55 Å². The number of halogens is 1. The van der Waals surface area contributed by atoms with Crippen LogP contribution in [-0.4, -0.2) is 16.0 Å². The van der Waals surface area contributed by atoms with Crippen molar-refractivity contribution in [3.63, 3.8) is 0 Å². The number of nitrogens with one attached hydrogen (secondary N) is 1. The maximum absolute atomic E-state index is 11.4. The zero-order chi connectivity index (χ0) is 10.3. The highest BCUT2D eigenvalue weighted by molar-refractivity contribution is 14.1. The van der Waals surface area contributed by atoms with Crippen LogP contribution >= 0.6 is 22.6 Å². The average Bonchev–Trinajstić information content (AvgIpc) is 2.15. The lowest BCUT2D eigenvalue weighted by atomic mass is 10.1. The Kier molecular flexibility index (Phi) is 2.11. The number of anilines is 1. The Hall–Kier alpha value is -0.890. The molecule has 0 saturated heterocycles. The number of hydrogen-bond donors (Lipinski definition) is 2. The molecule has 1 aromatic rings. The molecule has 0 bridgehead atoms. The number of hydrazine groups is 1. The summed E-state index contributed by atoms with van der Waals surface area (Å²) < 4.78 is -0.601. The molecule has 3 N–H and O–H groups in total. The van der Waals surface area contributed by atoms with Crippen molar-refractivity contribution in [1.82, 2.24) is 9.99 Å². The van der Waals surface area contributed by atoms with Crippen LogP contribution in [0.5, 0.6) is 0 Å². The maximum atomic E-state index is 11.4. The minimum atomic E-state index is -0.601. The smallest absolute Gasteiger partial charge is 0.305 e. The Morgan fingerprint density at radius 2 is 2.43 bits per heavy atom. The second-order valence-electron chi connectivity index (χ2n) is 3.15. The molecule has 0 aliphatic carbocycles. The minimum absolute atomic E-state index is 0.317. The summed E-state index contributed by atoms with van der Waals surface area (Å²) in [5, 5.41) is 3.80. The second-order valence-corrected chi connectivity index (χ2v) is 5.25. The van der Waals surface area contributed by atoms with Gasteiger partial charge in [-0.25, -0.2) is 15.6 Å². The lowest BCUT2D eigenvalue weighted by Crippen LogP contribution is -2.54. The fraction of sp³-hybridized carbons (Fsp3) is 0.250. The third-order valence-electron chi connectivity index (χ3n) is 2.15. The molecule has 6 heteroatoms. The summed E-state index contributed by atoms with van der Waals surface area (Å²) in [7, 11) is 0. The van der Waals surface area contributed by atoms with E-state index < -0.39 is 3.55 Å². The van der Waals surface area contributed by atoms with E-state index in [2.05, 4.69) is 32.9 Å². The average molecular weight is 304 g/mol. The predicted molar refractivity (Wildman–Crippen MR) is 60.7 cm³/mol. The fourth-order valence-corrected chi connectivity index (χ4v) is 2.00. The van der Waals surface area contributed by atoms with Crippen LogP contribution in [0.25, 0.3) is 0 Å². The van der Waals surface area contributed by atoms with Crippen LogP contribution in [0.1, 0.15) is 12.6 Å². The van der Waals surface area contributed by atoms with Gasteiger partial charge in [0.2, 0.25) is 0 Å². The van der Waals surface area contributed by atoms with Gasteiger partial charge >= 0.3 is 6.03 Å². The summed E-state index contributed by atoms with van der Waals surface area (Å²) in [6.07, 6.45) is 1.68. The van der Waals surface area contributed by atoms with E-state index in [1.54, 1.807) is 12.3 Å². The molecule has 1 aliphatic heterocycles. The number of rotatable bonds is 0. The zero-order valence-corrected chi connectivity index (χ0v) is 9.65. The van der Waals surface area contributed by atoms with E-state index in [-0.39, 0.29) is 6.03 Å². The SMILES string of the molecule is CC1(I)c2ncccc2NC(=O)N1N. The molecule has 0 saturated carbocycles. The van der Waals surface area contributed by atoms with Gasteiger partial charge in [0, 0.05) is 6.20 Å². The van der Waals surface area contributed by atoms with Crippen LogP contribution in [-0.2, 0) is 3.55 Å². The van der Waals surface area contributed by atoms with Crippen LogP contribution in [0.2, 0.25) is 0 Å². The standard InChI is InChI=1S/C8H9IN4O/c1-8(9)6-5(3-2-4-11-6)12-7(14)13(8)10/h2-4H,10H2,1H3,(H,12,14). The van der Waals surface area contributed by atoms with E-state index >= 15 is 0 Å². The number of nitrogens with zero attached hydrogens (tertiary/aromatic N) is 2. The number of nitrogens with two attached hydrogens (primary N) is 1. The van der Waals surface area contributed by atoms with E-state index in [0.29, 0.717) is 0 Å². The Morgan fingerprint density at radius 1 is 1.71 bits per heavy atom. The minimum Gasteiger partial charge on any atom is -0.305 e. The van der Waals surface area contributed by atoms with Crippen LogP contribution < -0.4 is 11.2 Å². The molecule has 74 valence electrons. The number of aromatic nitrogens is 1. The molecule has 2 rings (SSSR count). The molecule has 1 aromatic heterocycles. The first kappa shape index (κ1) is 9.66. The van der Waals surface area contributed by atoms with Crippen LogP contribution in [0.3, 0.4) is 0 Å². The largest absolute Gasteiger partial charge is 0.337 e. The number of pyridine rings is 1. The van der Waals surface area contributed by atoms with Crippen molar-refractivity contribution < 1.29 is 4.79 Å². The molecule has 2 amide bonds. The van der Waals surface area contributed by atoms with E-state index in [9.17, 15) is 4.79 Å². The van der Waals surface area contributed by atoms with Gasteiger partial charge in [0.05, 0.1) is 5.69 Å². The van der Waals surface area contributed by atoms with Crippen molar-refractivity contribution in [2.45, 2.75) is 10.5 Å². The highest BCUT2D eigenvalue weighted by atomic mass is 127. The van der Waals surface area contributed by atoms with Gasteiger partial charge in [-0.3, -0.25) is 4.98 Å². The van der Waals surface area contributed by atoms with E-state index in [1.165, 1.54) is 0 Å². The van der Waals surface area contributed by atoms with Gasteiger partial charge in [-0.05, 0) is 41.6 Å². The molecular weight excluding hydrogens is 295 g/mol. The molecule has 0 fully saturated rings. The van der Waals surface area contributed by atoms with Gasteiger partial charge in [-0.15, -0.1) is 0 Å². The van der Waals surface area contributed by atoms with Crippen LogP contribution in [0.4, 0.5) is 10.5 Å². The fourth-order valence-electron chi connectivity index (χ4n) is 1.35. The summed E-state index contributed by atoms with van der Waals surface area (Å²) in [6, 6.07) is 3.27. The van der Waals surface area contributed by atoms with E-state index in [1.807, 2.05) is 13.0 Å². The normalized spacial score (nSPS) is 25.6. The van der Waals surface area contributed by atoms with Crippen molar-refractivity contribution in [3.8, 4) is 0 Å². The van der Waals surface area contributed by atoms with E-state index in [0.717, 1.165) is 16.4 Å². The number of hydrogen-bond acceptors (Lipinski definition) is 3. The van der Waals surface area contributed by atoms with Crippen LogP contribution in [0, 0.1) is 0 Å². The summed E-state index contributed by atoms with van der Waals surface area (Å²) in [6.45, 7) is 1.85. The highest BCUT2D eigenvalue weighted by Crippen LogP contribution is 2.39. The lowest BCUT2D eigenvalue weighted by molar-refractivity contribution is 0.183. The molecule has 0 aromatic carbocycles. The molecule has 0 radical (unpaired) electrons. The lowest BCUT2D eigenvalue weighted by Gasteiger charge is -2.37. The van der Waals surface area contributed by atoms with Crippen molar-refractivity contribution in [3.05, 3.63) is 24.0 Å². The Balaban J connectivity index is 2.59. The van der Waals surface area contributed by atoms with Gasteiger partial charge in [-0.2, -0.15) is 0 Å². The summed E-state index contributed by atoms with van der Waals surface area (Å²) in [4.78, 5) is 15.6. The Labute approximate surface area is 94.8 Å². The van der Waals surface area contributed by atoms with Crippen molar-refractivity contribution in [2.24, 2.45) is 5.84 Å². The molecule has 14 heavy (non-hydrogen) atoms. The highest BCUT2D eigenvalue weighted by Gasteiger charge is 2.40. The predicted octanol–water partition coefficient (Wildman–Crippen LogP) is 1.41. The monoisotopic (exact) mass is 304 g/mol. The third kappa shape index (κ3) is 1.25. The molecule has 1 atom stereocenters. The zero-order valence-electron chi connectivity index (χ0n) is 7.49. The summed E-state index contributed by atoms with van der Waals surface area (Å²) in [5.41, 5.74) is 1.49. The van der Waals surface area contributed by atoms with Gasteiger partial charge in [0.25, 0.3) is 0 Å². The maximum Gasteiger partial charge on any atom is 0.337 e. The number of carbonyl (C=O) groups is 1. The Bertz CT molecular complexity index is 393. The quantitative estimate of drug-likeness (QED) is 0.250. The van der Waals surface area contributed by atoms with E-state index in [4.69, 9.17) is 5.84 Å². The Morgan fingerprint density at radius 3 is 3.14 bits per heavy atom. The molecule has 1 aliphatic rings.